The molecule has 0 amide bonds. The lowest BCUT2D eigenvalue weighted by Gasteiger charge is -2.42. The fourth-order valence-corrected chi connectivity index (χ4v) is 5.11. The van der Waals surface area contributed by atoms with Crippen molar-refractivity contribution in [1.29, 1.82) is 0 Å². The summed E-state index contributed by atoms with van der Waals surface area (Å²) in [5.41, 5.74) is 1.78. The molecule has 0 aliphatic heterocycles. The molecule has 3 nitrogen and oxygen atoms in total. The van der Waals surface area contributed by atoms with Crippen molar-refractivity contribution in [2.24, 2.45) is 16.7 Å². The van der Waals surface area contributed by atoms with Crippen molar-refractivity contribution in [2.45, 2.75) is 65.2 Å². The van der Waals surface area contributed by atoms with Gasteiger partial charge in [0.1, 0.15) is 0 Å². The van der Waals surface area contributed by atoms with Gasteiger partial charge in [0.25, 0.3) is 0 Å². The summed E-state index contributed by atoms with van der Waals surface area (Å²) in [5.74, 6) is 0.779. The Morgan fingerprint density at radius 3 is 2.58 bits per heavy atom. The van der Waals surface area contributed by atoms with E-state index in [-0.39, 0.29) is 17.6 Å². The van der Waals surface area contributed by atoms with Crippen LogP contribution in [0.2, 0.25) is 0 Å². The van der Waals surface area contributed by atoms with E-state index < -0.39 is 6.10 Å². The number of fused-ring (bicyclic) bond motifs is 2. The zero-order valence-corrected chi connectivity index (χ0v) is 15.6. The van der Waals surface area contributed by atoms with Gasteiger partial charge in [-0.05, 0) is 48.5 Å². The molecule has 2 aliphatic rings. The lowest BCUT2D eigenvalue weighted by molar-refractivity contribution is -0.110. The van der Waals surface area contributed by atoms with Crippen LogP contribution in [0.1, 0.15) is 58.6 Å². The van der Waals surface area contributed by atoms with Gasteiger partial charge in [0.15, 0.2) is 0 Å². The van der Waals surface area contributed by atoms with Gasteiger partial charge in [0, 0.05) is 12.6 Å². The van der Waals surface area contributed by atoms with Crippen molar-refractivity contribution in [1.82, 2.24) is 5.32 Å². The van der Waals surface area contributed by atoms with Gasteiger partial charge in [-0.25, -0.2) is 0 Å². The smallest absolute Gasteiger partial charge is 0.0898 e. The first-order chi connectivity index (χ1) is 11.3. The SMILES string of the molecule is C[C@H](NC[C@@H](O)CO[C@H]1C(C)(C)[C@H]2CC[C@@]1(C)C2)c1ccccc1. The molecule has 24 heavy (non-hydrogen) atoms. The van der Waals surface area contributed by atoms with Gasteiger partial charge in [-0.3, -0.25) is 0 Å². The van der Waals surface area contributed by atoms with E-state index in [9.17, 15) is 5.11 Å². The fraction of sp³-hybridized carbons (Fsp3) is 0.714. The minimum atomic E-state index is -0.463. The van der Waals surface area contributed by atoms with E-state index in [2.05, 4.69) is 45.1 Å². The first kappa shape index (κ1) is 17.9. The molecule has 2 fully saturated rings. The number of rotatable bonds is 7. The summed E-state index contributed by atoms with van der Waals surface area (Å²) in [6, 6.07) is 10.6. The van der Waals surface area contributed by atoms with E-state index >= 15 is 0 Å². The van der Waals surface area contributed by atoms with Crippen molar-refractivity contribution in [3.8, 4) is 0 Å². The maximum atomic E-state index is 10.3. The molecule has 3 heteroatoms. The van der Waals surface area contributed by atoms with E-state index in [1.54, 1.807) is 0 Å². The molecule has 0 aromatic heterocycles. The number of hydrogen-bond donors (Lipinski definition) is 2. The standard InChI is InChI=1S/C21H33NO2/c1-15(16-8-6-5-7-9-16)22-13-18(23)14-24-19-20(2,3)17-10-11-21(19,4)12-17/h5-9,15,17-19,22-23H,10-14H2,1-4H3/t15-,17-,18+,19-,21-/m0/s1. The van der Waals surface area contributed by atoms with E-state index in [4.69, 9.17) is 4.74 Å². The number of ether oxygens (including phenoxy) is 1. The summed E-state index contributed by atoms with van der Waals surface area (Å²) in [5, 5.41) is 13.8. The van der Waals surface area contributed by atoms with Gasteiger partial charge in [0.05, 0.1) is 18.8 Å². The molecule has 0 heterocycles. The van der Waals surface area contributed by atoms with Crippen LogP contribution in [-0.2, 0) is 4.74 Å². The Labute approximate surface area is 146 Å². The Morgan fingerprint density at radius 2 is 1.96 bits per heavy atom. The fourth-order valence-electron chi connectivity index (χ4n) is 5.11. The second-order valence-electron chi connectivity index (χ2n) is 8.82. The normalized spacial score (nSPS) is 33.5. The van der Waals surface area contributed by atoms with Crippen LogP contribution in [0.25, 0.3) is 0 Å². The van der Waals surface area contributed by atoms with Crippen molar-refractivity contribution >= 4 is 0 Å². The van der Waals surface area contributed by atoms with Crippen LogP contribution in [0.5, 0.6) is 0 Å². The lowest BCUT2D eigenvalue weighted by Crippen LogP contribution is -2.44. The third-order valence-corrected chi connectivity index (χ3v) is 6.55. The summed E-state index contributed by atoms with van der Waals surface area (Å²) in [7, 11) is 0. The van der Waals surface area contributed by atoms with Crippen LogP contribution >= 0.6 is 0 Å². The molecule has 1 aromatic carbocycles. The van der Waals surface area contributed by atoms with Crippen molar-refractivity contribution in [3.05, 3.63) is 35.9 Å². The van der Waals surface area contributed by atoms with Crippen LogP contribution in [0, 0.1) is 16.7 Å². The number of benzene rings is 1. The average Bonchev–Trinajstić information content (AvgIpc) is 3.04. The predicted molar refractivity (Wildman–Crippen MR) is 97.8 cm³/mol. The van der Waals surface area contributed by atoms with E-state index in [1.165, 1.54) is 24.8 Å². The average molecular weight is 332 g/mol. The Bertz CT molecular complexity index is 539. The molecule has 134 valence electrons. The number of aliphatic hydroxyl groups is 1. The molecule has 1 aromatic rings. The summed E-state index contributed by atoms with van der Waals surface area (Å²) < 4.78 is 6.26. The van der Waals surface area contributed by atoms with Gasteiger partial charge in [0.2, 0.25) is 0 Å². The predicted octanol–water partition coefficient (Wildman–Crippen LogP) is 3.93. The number of nitrogens with one attached hydrogen (secondary N) is 1. The second-order valence-corrected chi connectivity index (χ2v) is 8.82. The number of aliphatic hydroxyl groups excluding tert-OH is 1. The topological polar surface area (TPSA) is 41.5 Å². The highest BCUT2D eigenvalue weighted by Crippen LogP contribution is 2.63. The van der Waals surface area contributed by atoms with Gasteiger partial charge in [-0.1, -0.05) is 51.1 Å². The van der Waals surface area contributed by atoms with E-state index in [0.717, 1.165) is 5.92 Å². The van der Waals surface area contributed by atoms with Crippen molar-refractivity contribution in [3.63, 3.8) is 0 Å². The monoisotopic (exact) mass is 331 g/mol. The van der Waals surface area contributed by atoms with Gasteiger partial charge < -0.3 is 15.2 Å². The van der Waals surface area contributed by atoms with Gasteiger partial charge in [-0.2, -0.15) is 0 Å². The number of hydrogen-bond acceptors (Lipinski definition) is 3. The molecule has 2 aliphatic carbocycles. The van der Waals surface area contributed by atoms with Crippen LogP contribution in [0.3, 0.4) is 0 Å². The highest BCUT2D eigenvalue weighted by molar-refractivity contribution is 5.18. The maximum absolute atomic E-state index is 10.3. The second kappa shape index (κ2) is 6.78. The minimum absolute atomic E-state index is 0.234. The molecular formula is C21H33NO2. The Kier molecular flexibility index (Phi) is 5.06. The molecule has 0 unspecified atom stereocenters. The third-order valence-electron chi connectivity index (χ3n) is 6.55. The van der Waals surface area contributed by atoms with Crippen molar-refractivity contribution in [2.75, 3.05) is 13.2 Å². The summed E-state index contributed by atoms with van der Waals surface area (Å²) in [6.45, 7) is 10.2. The first-order valence-corrected chi connectivity index (χ1v) is 9.41. The minimum Gasteiger partial charge on any atom is -0.389 e. The zero-order chi connectivity index (χ0) is 17.4. The van der Waals surface area contributed by atoms with Crippen LogP contribution in [0.15, 0.2) is 30.3 Å². The molecule has 2 saturated carbocycles. The van der Waals surface area contributed by atoms with Crippen LogP contribution in [0.4, 0.5) is 0 Å². The molecule has 0 radical (unpaired) electrons. The van der Waals surface area contributed by atoms with Gasteiger partial charge >= 0.3 is 0 Å². The summed E-state index contributed by atoms with van der Waals surface area (Å²) >= 11 is 0. The van der Waals surface area contributed by atoms with E-state index in [1.807, 2.05) is 18.2 Å². The van der Waals surface area contributed by atoms with E-state index in [0.29, 0.717) is 18.6 Å². The van der Waals surface area contributed by atoms with Crippen LogP contribution < -0.4 is 5.32 Å². The first-order valence-electron chi connectivity index (χ1n) is 9.41. The van der Waals surface area contributed by atoms with Crippen molar-refractivity contribution < 1.29 is 9.84 Å². The maximum Gasteiger partial charge on any atom is 0.0898 e. The Hall–Kier alpha value is -0.900. The molecular weight excluding hydrogens is 298 g/mol. The molecule has 5 atom stereocenters. The summed E-state index contributed by atoms with van der Waals surface area (Å²) in [6.07, 6.45) is 3.69. The lowest BCUT2D eigenvalue weighted by atomic mass is 9.70. The highest BCUT2D eigenvalue weighted by atomic mass is 16.5. The molecule has 2 bridgehead atoms. The Morgan fingerprint density at radius 1 is 1.25 bits per heavy atom. The molecule has 0 spiro atoms. The summed E-state index contributed by atoms with van der Waals surface area (Å²) in [4.78, 5) is 0. The highest BCUT2D eigenvalue weighted by Gasteiger charge is 2.60. The molecule has 3 rings (SSSR count). The quantitative estimate of drug-likeness (QED) is 0.795. The Balaban J connectivity index is 1.47. The zero-order valence-electron chi connectivity index (χ0n) is 15.6. The molecule has 2 N–H and O–H groups in total. The molecule has 0 saturated heterocycles. The van der Waals surface area contributed by atoms with Gasteiger partial charge in [-0.15, -0.1) is 0 Å². The largest absolute Gasteiger partial charge is 0.389 e. The third kappa shape index (κ3) is 3.40. The van der Waals surface area contributed by atoms with Crippen LogP contribution in [-0.4, -0.2) is 30.5 Å².